The summed E-state index contributed by atoms with van der Waals surface area (Å²) < 4.78 is 0. The Labute approximate surface area is 163 Å². The van der Waals surface area contributed by atoms with Crippen LogP contribution in [-0.4, -0.2) is 21.8 Å². The van der Waals surface area contributed by atoms with Crippen molar-refractivity contribution in [3.8, 4) is 0 Å². The molecule has 28 heavy (non-hydrogen) atoms. The third-order valence-corrected chi connectivity index (χ3v) is 4.70. The van der Waals surface area contributed by atoms with E-state index in [4.69, 9.17) is 0 Å². The Morgan fingerprint density at radius 2 is 1.64 bits per heavy atom. The molecule has 0 atom stereocenters. The number of nitrogens with zero attached hydrogens (tertiary/aromatic N) is 2. The average molecular weight is 372 g/mol. The SMILES string of the molecule is O=C(NCc1cccnc1)c1ccc(NC(=O)N2Cc3ccccc3C2)cc1. The van der Waals surface area contributed by atoms with Crippen molar-refractivity contribution in [2.45, 2.75) is 19.6 Å². The summed E-state index contributed by atoms with van der Waals surface area (Å²) in [5.74, 6) is -0.170. The minimum Gasteiger partial charge on any atom is -0.348 e. The van der Waals surface area contributed by atoms with E-state index in [-0.39, 0.29) is 11.9 Å². The fourth-order valence-corrected chi connectivity index (χ4v) is 3.17. The smallest absolute Gasteiger partial charge is 0.322 e. The van der Waals surface area contributed by atoms with Gasteiger partial charge in [0.15, 0.2) is 0 Å². The van der Waals surface area contributed by atoms with Crippen LogP contribution in [0.1, 0.15) is 27.0 Å². The van der Waals surface area contributed by atoms with Gasteiger partial charge in [-0.05, 0) is 47.0 Å². The molecule has 2 N–H and O–H groups in total. The van der Waals surface area contributed by atoms with E-state index in [1.54, 1.807) is 41.6 Å². The maximum absolute atomic E-state index is 12.5. The molecule has 6 heteroatoms. The highest BCUT2D eigenvalue weighted by Gasteiger charge is 2.22. The number of benzene rings is 2. The van der Waals surface area contributed by atoms with Gasteiger partial charge in [0.25, 0.3) is 5.91 Å². The molecule has 0 saturated heterocycles. The first-order valence-corrected chi connectivity index (χ1v) is 9.09. The minimum absolute atomic E-state index is 0.148. The lowest BCUT2D eigenvalue weighted by molar-refractivity contribution is 0.0951. The van der Waals surface area contributed by atoms with Crippen molar-refractivity contribution in [3.05, 3.63) is 95.3 Å². The van der Waals surface area contributed by atoms with Crippen LogP contribution in [0, 0.1) is 0 Å². The van der Waals surface area contributed by atoms with Gasteiger partial charge in [-0.15, -0.1) is 0 Å². The minimum atomic E-state index is -0.170. The highest BCUT2D eigenvalue weighted by molar-refractivity contribution is 5.95. The average Bonchev–Trinajstić information content (AvgIpc) is 3.18. The van der Waals surface area contributed by atoms with Crippen LogP contribution in [0.25, 0.3) is 0 Å². The van der Waals surface area contributed by atoms with Crippen LogP contribution in [-0.2, 0) is 19.6 Å². The van der Waals surface area contributed by atoms with Crippen LogP contribution in [0.5, 0.6) is 0 Å². The molecule has 0 saturated carbocycles. The molecule has 3 amide bonds. The molecule has 1 aromatic heterocycles. The van der Waals surface area contributed by atoms with Crippen molar-refractivity contribution in [1.29, 1.82) is 0 Å². The third-order valence-electron chi connectivity index (χ3n) is 4.70. The monoisotopic (exact) mass is 372 g/mol. The summed E-state index contributed by atoms with van der Waals surface area (Å²) in [5.41, 5.74) is 4.49. The van der Waals surface area contributed by atoms with E-state index < -0.39 is 0 Å². The van der Waals surface area contributed by atoms with Crippen LogP contribution in [0.15, 0.2) is 73.1 Å². The number of fused-ring (bicyclic) bond motifs is 1. The Bertz CT molecular complexity index is 962. The van der Waals surface area contributed by atoms with Crippen molar-refractivity contribution in [2.75, 3.05) is 5.32 Å². The quantitative estimate of drug-likeness (QED) is 0.735. The van der Waals surface area contributed by atoms with Crippen molar-refractivity contribution in [1.82, 2.24) is 15.2 Å². The fourth-order valence-electron chi connectivity index (χ4n) is 3.17. The molecule has 1 aliphatic rings. The molecular formula is C22H20N4O2. The number of aromatic nitrogens is 1. The van der Waals surface area contributed by atoms with Crippen molar-refractivity contribution in [3.63, 3.8) is 0 Å². The maximum Gasteiger partial charge on any atom is 0.322 e. The van der Waals surface area contributed by atoms with E-state index in [1.165, 1.54) is 11.1 Å². The molecule has 1 aliphatic heterocycles. The Hall–Kier alpha value is -3.67. The van der Waals surface area contributed by atoms with Gasteiger partial charge in [-0.2, -0.15) is 0 Å². The second-order valence-corrected chi connectivity index (χ2v) is 6.68. The number of nitrogens with one attached hydrogen (secondary N) is 2. The summed E-state index contributed by atoms with van der Waals surface area (Å²) in [6.45, 7) is 1.63. The fraction of sp³-hybridized carbons (Fsp3) is 0.136. The van der Waals surface area contributed by atoms with Crippen molar-refractivity contribution in [2.24, 2.45) is 0 Å². The lowest BCUT2D eigenvalue weighted by Crippen LogP contribution is -2.30. The molecule has 3 aromatic rings. The zero-order valence-corrected chi connectivity index (χ0v) is 15.3. The Kier molecular flexibility index (Phi) is 5.01. The molecule has 0 bridgehead atoms. The first-order chi connectivity index (χ1) is 13.7. The van der Waals surface area contributed by atoms with Gasteiger partial charge >= 0.3 is 6.03 Å². The third kappa shape index (κ3) is 4.01. The van der Waals surface area contributed by atoms with E-state index in [0.717, 1.165) is 5.56 Å². The van der Waals surface area contributed by atoms with Gasteiger partial charge in [0.05, 0.1) is 0 Å². The van der Waals surface area contributed by atoms with Crippen LogP contribution in [0.4, 0.5) is 10.5 Å². The highest BCUT2D eigenvalue weighted by Crippen LogP contribution is 2.23. The Balaban J connectivity index is 1.32. The number of carbonyl (C=O) groups is 2. The van der Waals surface area contributed by atoms with Gasteiger partial charge < -0.3 is 15.5 Å². The topological polar surface area (TPSA) is 74.3 Å². The molecule has 0 fully saturated rings. The standard InChI is InChI=1S/C22H20N4O2/c27-21(24-13-16-4-3-11-23-12-16)17-7-9-20(10-8-17)25-22(28)26-14-18-5-1-2-6-19(18)15-26/h1-12H,13-15H2,(H,24,27)(H,25,28). The van der Waals surface area contributed by atoms with E-state index >= 15 is 0 Å². The van der Waals surface area contributed by atoms with E-state index in [0.29, 0.717) is 30.9 Å². The zero-order chi connectivity index (χ0) is 19.3. The first kappa shape index (κ1) is 17.7. The summed E-state index contributed by atoms with van der Waals surface area (Å²) in [4.78, 5) is 30.5. The molecular weight excluding hydrogens is 352 g/mol. The predicted molar refractivity (Wildman–Crippen MR) is 107 cm³/mol. The first-order valence-electron chi connectivity index (χ1n) is 9.09. The zero-order valence-electron chi connectivity index (χ0n) is 15.3. The molecule has 0 aliphatic carbocycles. The number of anilines is 1. The Morgan fingerprint density at radius 3 is 2.29 bits per heavy atom. The van der Waals surface area contributed by atoms with Gasteiger partial charge in [0.2, 0.25) is 0 Å². The van der Waals surface area contributed by atoms with Crippen LogP contribution >= 0.6 is 0 Å². The summed E-state index contributed by atoms with van der Waals surface area (Å²) >= 11 is 0. The number of amides is 3. The maximum atomic E-state index is 12.5. The summed E-state index contributed by atoms with van der Waals surface area (Å²) in [5, 5.41) is 5.75. The second kappa shape index (κ2) is 7.92. The molecule has 2 heterocycles. The van der Waals surface area contributed by atoms with Crippen LogP contribution < -0.4 is 10.6 Å². The normalized spacial score (nSPS) is 12.4. The number of hydrogen-bond acceptors (Lipinski definition) is 3. The predicted octanol–water partition coefficient (Wildman–Crippen LogP) is 3.56. The summed E-state index contributed by atoms with van der Waals surface area (Å²) in [6.07, 6.45) is 3.41. The summed E-state index contributed by atoms with van der Waals surface area (Å²) in [7, 11) is 0. The number of rotatable bonds is 4. The molecule has 0 spiro atoms. The highest BCUT2D eigenvalue weighted by atomic mass is 16.2. The van der Waals surface area contributed by atoms with E-state index in [1.807, 2.05) is 36.4 Å². The van der Waals surface area contributed by atoms with Gasteiger partial charge in [0.1, 0.15) is 0 Å². The largest absolute Gasteiger partial charge is 0.348 e. The van der Waals surface area contributed by atoms with Gasteiger partial charge in [-0.3, -0.25) is 9.78 Å². The number of urea groups is 1. The van der Waals surface area contributed by atoms with Gasteiger partial charge in [-0.25, -0.2) is 4.79 Å². The van der Waals surface area contributed by atoms with Crippen molar-refractivity contribution >= 4 is 17.6 Å². The number of carbonyl (C=O) groups excluding carboxylic acids is 2. The van der Waals surface area contributed by atoms with Crippen LogP contribution in [0.3, 0.4) is 0 Å². The molecule has 0 unspecified atom stereocenters. The summed E-state index contributed by atoms with van der Waals surface area (Å²) in [6, 6.07) is 18.5. The Morgan fingerprint density at radius 1 is 0.929 bits per heavy atom. The molecule has 2 aromatic carbocycles. The molecule has 4 rings (SSSR count). The van der Waals surface area contributed by atoms with Crippen molar-refractivity contribution < 1.29 is 9.59 Å². The van der Waals surface area contributed by atoms with E-state index in [9.17, 15) is 9.59 Å². The molecule has 6 nitrogen and oxygen atoms in total. The van der Waals surface area contributed by atoms with Gasteiger partial charge in [0, 0.05) is 43.3 Å². The molecule has 140 valence electrons. The number of hydrogen-bond donors (Lipinski definition) is 2. The van der Waals surface area contributed by atoms with Crippen LogP contribution in [0.2, 0.25) is 0 Å². The number of pyridine rings is 1. The molecule has 0 radical (unpaired) electrons. The lowest BCUT2D eigenvalue weighted by atomic mass is 10.1. The second-order valence-electron chi connectivity index (χ2n) is 6.68. The van der Waals surface area contributed by atoms with E-state index in [2.05, 4.69) is 15.6 Å². The lowest BCUT2D eigenvalue weighted by Gasteiger charge is -2.16. The van der Waals surface area contributed by atoms with Gasteiger partial charge in [-0.1, -0.05) is 30.3 Å².